The second-order valence-corrected chi connectivity index (χ2v) is 6.83. The number of nitrogens with zero attached hydrogens (tertiary/aromatic N) is 2. The molecule has 1 aliphatic rings. The number of rotatable bonds is 6. The van der Waals surface area contributed by atoms with Gasteiger partial charge in [0.25, 0.3) is 11.5 Å². The number of hydrogen-bond donors (Lipinski definition) is 0. The minimum absolute atomic E-state index is 0.163. The molecule has 1 saturated heterocycles. The fourth-order valence-electron chi connectivity index (χ4n) is 3.64. The smallest absolute Gasteiger partial charge is 0.310 e. The number of hydrogen-bond acceptors (Lipinski definition) is 5. The Kier molecular flexibility index (Phi) is 6.34. The van der Waals surface area contributed by atoms with E-state index in [0.717, 1.165) is 23.7 Å². The lowest BCUT2D eigenvalue weighted by atomic mass is 9.98. The third kappa shape index (κ3) is 4.18. The lowest BCUT2D eigenvalue weighted by molar-refractivity contribution is -0.151. The summed E-state index contributed by atoms with van der Waals surface area (Å²) in [5.41, 5.74) is 0.615. The summed E-state index contributed by atoms with van der Waals surface area (Å²) in [6.45, 7) is 5.34. The molecule has 1 aromatic carbocycles. The molecular weight excluding hydrogens is 360 g/mol. The zero-order valence-corrected chi connectivity index (χ0v) is 16.3. The first kappa shape index (κ1) is 19.9. The molecule has 2 heterocycles. The third-order valence-corrected chi connectivity index (χ3v) is 5.04. The Hall–Kier alpha value is -2.83. The number of piperidine rings is 1. The monoisotopic (exact) mass is 386 g/mol. The molecule has 1 fully saturated rings. The second-order valence-electron chi connectivity index (χ2n) is 6.83. The molecule has 1 atom stereocenters. The normalized spacial score (nSPS) is 16.8. The number of pyridine rings is 1. The van der Waals surface area contributed by atoms with Crippen LogP contribution in [-0.2, 0) is 20.9 Å². The van der Waals surface area contributed by atoms with Gasteiger partial charge in [-0.3, -0.25) is 14.4 Å². The molecule has 0 aliphatic carbocycles. The Balaban J connectivity index is 1.71. The van der Waals surface area contributed by atoms with Gasteiger partial charge in [-0.05, 0) is 38.8 Å². The Labute approximate surface area is 163 Å². The number of carbonyl (C=O) groups excluding carboxylic acids is 2. The van der Waals surface area contributed by atoms with Crippen molar-refractivity contribution in [3.05, 3.63) is 40.7 Å². The van der Waals surface area contributed by atoms with E-state index in [-0.39, 0.29) is 30.0 Å². The maximum absolute atomic E-state index is 12.6. The van der Waals surface area contributed by atoms with Crippen molar-refractivity contribution in [1.82, 2.24) is 9.47 Å². The summed E-state index contributed by atoms with van der Waals surface area (Å²) >= 11 is 0. The number of amides is 1. The van der Waals surface area contributed by atoms with Gasteiger partial charge in [0.2, 0.25) is 0 Å². The van der Waals surface area contributed by atoms with E-state index in [1.165, 1.54) is 6.07 Å². The zero-order chi connectivity index (χ0) is 20.1. The first-order chi connectivity index (χ1) is 13.5. The van der Waals surface area contributed by atoms with Gasteiger partial charge in [-0.2, -0.15) is 0 Å². The van der Waals surface area contributed by atoms with Crippen molar-refractivity contribution in [2.45, 2.75) is 33.2 Å². The lowest BCUT2D eigenvalue weighted by Gasteiger charge is -2.31. The van der Waals surface area contributed by atoms with Crippen LogP contribution in [0, 0.1) is 5.92 Å². The minimum atomic E-state index is -0.285. The molecule has 7 heteroatoms. The summed E-state index contributed by atoms with van der Waals surface area (Å²) in [5.74, 6) is -0.336. The Morgan fingerprint density at radius 2 is 2.00 bits per heavy atom. The zero-order valence-electron chi connectivity index (χ0n) is 16.3. The molecule has 7 nitrogen and oxygen atoms in total. The van der Waals surface area contributed by atoms with Crippen LogP contribution in [0.2, 0.25) is 0 Å². The molecule has 0 spiro atoms. The molecule has 0 radical (unpaired) electrons. The minimum Gasteiger partial charge on any atom is -0.483 e. The van der Waals surface area contributed by atoms with Crippen LogP contribution in [0.1, 0.15) is 26.7 Å². The van der Waals surface area contributed by atoms with Gasteiger partial charge in [0.15, 0.2) is 6.61 Å². The lowest BCUT2D eigenvalue weighted by Crippen LogP contribution is -2.44. The molecule has 0 unspecified atom stereocenters. The van der Waals surface area contributed by atoms with Gasteiger partial charge < -0.3 is 18.9 Å². The number of fused-ring (bicyclic) bond motifs is 1. The van der Waals surface area contributed by atoms with Gasteiger partial charge in [-0.1, -0.05) is 12.1 Å². The molecule has 1 aromatic heterocycles. The highest BCUT2D eigenvalue weighted by molar-refractivity contribution is 5.86. The van der Waals surface area contributed by atoms with Crippen molar-refractivity contribution >= 4 is 22.8 Å². The number of esters is 1. The summed E-state index contributed by atoms with van der Waals surface area (Å²) in [6.07, 6.45) is 1.48. The van der Waals surface area contributed by atoms with Crippen molar-refractivity contribution in [1.29, 1.82) is 0 Å². The molecular formula is C21H26N2O5. The van der Waals surface area contributed by atoms with E-state index in [9.17, 15) is 14.4 Å². The second kappa shape index (κ2) is 8.91. The SMILES string of the molecule is CCOC(=O)[C@H]1CCCN(C(=O)COc2cc(=O)n(CC)c3ccccc23)C1. The Morgan fingerprint density at radius 1 is 1.21 bits per heavy atom. The van der Waals surface area contributed by atoms with Gasteiger partial charge >= 0.3 is 5.97 Å². The number of ether oxygens (including phenoxy) is 2. The van der Waals surface area contributed by atoms with Crippen LogP contribution >= 0.6 is 0 Å². The van der Waals surface area contributed by atoms with Crippen LogP contribution in [0.5, 0.6) is 5.75 Å². The highest BCUT2D eigenvalue weighted by atomic mass is 16.5. The number of aromatic nitrogens is 1. The average molecular weight is 386 g/mol. The summed E-state index contributed by atoms with van der Waals surface area (Å²) in [7, 11) is 0. The van der Waals surface area contributed by atoms with Crippen molar-refractivity contribution < 1.29 is 19.1 Å². The Bertz CT molecular complexity index is 921. The van der Waals surface area contributed by atoms with Crippen molar-refractivity contribution in [3.8, 4) is 5.75 Å². The first-order valence-corrected chi connectivity index (χ1v) is 9.75. The molecule has 1 aliphatic heterocycles. The topological polar surface area (TPSA) is 77.8 Å². The summed E-state index contributed by atoms with van der Waals surface area (Å²) in [4.78, 5) is 38.6. The fraction of sp³-hybridized carbons (Fsp3) is 0.476. The third-order valence-electron chi connectivity index (χ3n) is 5.04. The van der Waals surface area contributed by atoms with Crippen LogP contribution in [0.3, 0.4) is 0 Å². The Morgan fingerprint density at radius 3 is 2.75 bits per heavy atom. The predicted octanol–water partition coefficient (Wildman–Crippen LogP) is 2.20. The highest BCUT2D eigenvalue weighted by Crippen LogP contribution is 2.24. The van der Waals surface area contributed by atoms with Gasteiger partial charge in [0.1, 0.15) is 5.75 Å². The van der Waals surface area contributed by atoms with E-state index in [0.29, 0.717) is 32.0 Å². The van der Waals surface area contributed by atoms with E-state index in [2.05, 4.69) is 0 Å². The van der Waals surface area contributed by atoms with Crippen LogP contribution in [0.4, 0.5) is 0 Å². The standard InChI is InChI=1S/C21H26N2O5/c1-3-23-17-10-6-5-9-16(17)18(12-19(23)24)28-14-20(25)22-11-7-8-15(13-22)21(26)27-4-2/h5-6,9-10,12,15H,3-4,7-8,11,13-14H2,1-2H3/t15-/m0/s1. The van der Waals surface area contributed by atoms with E-state index >= 15 is 0 Å². The number of likely N-dealkylation sites (tertiary alicyclic amines) is 1. The summed E-state index contributed by atoms with van der Waals surface area (Å²) in [6, 6.07) is 8.90. The van der Waals surface area contributed by atoms with E-state index in [1.54, 1.807) is 16.4 Å². The molecule has 0 saturated carbocycles. The van der Waals surface area contributed by atoms with Crippen molar-refractivity contribution in [3.63, 3.8) is 0 Å². The number of aryl methyl sites for hydroxylation is 1. The molecule has 0 N–H and O–H groups in total. The van der Waals surface area contributed by atoms with Crippen LogP contribution in [0.25, 0.3) is 10.9 Å². The number of carbonyl (C=O) groups is 2. The average Bonchev–Trinajstić information content (AvgIpc) is 2.72. The summed E-state index contributed by atoms with van der Waals surface area (Å²) in [5, 5.41) is 0.791. The molecule has 1 amide bonds. The van der Waals surface area contributed by atoms with Gasteiger partial charge in [0.05, 0.1) is 18.0 Å². The highest BCUT2D eigenvalue weighted by Gasteiger charge is 2.29. The van der Waals surface area contributed by atoms with E-state index < -0.39 is 0 Å². The van der Waals surface area contributed by atoms with Gasteiger partial charge in [0, 0.05) is 31.1 Å². The summed E-state index contributed by atoms with van der Waals surface area (Å²) < 4.78 is 12.5. The molecule has 150 valence electrons. The van der Waals surface area contributed by atoms with E-state index in [4.69, 9.17) is 9.47 Å². The molecule has 0 bridgehead atoms. The number of benzene rings is 1. The molecule has 28 heavy (non-hydrogen) atoms. The van der Waals surface area contributed by atoms with Crippen LogP contribution < -0.4 is 10.3 Å². The van der Waals surface area contributed by atoms with Crippen LogP contribution in [-0.4, -0.2) is 47.6 Å². The largest absolute Gasteiger partial charge is 0.483 e. The number of para-hydroxylation sites is 1. The quantitative estimate of drug-likeness (QED) is 0.712. The molecule has 3 rings (SSSR count). The van der Waals surface area contributed by atoms with E-state index in [1.807, 2.05) is 31.2 Å². The molecule has 2 aromatic rings. The fourth-order valence-corrected chi connectivity index (χ4v) is 3.64. The predicted molar refractivity (Wildman–Crippen MR) is 105 cm³/mol. The first-order valence-electron chi connectivity index (χ1n) is 9.75. The van der Waals surface area contributed by atoms with Crippen molar-refractivity contribution in [2.24, 2.45) is 5.92 Å². The maximum Gasteiger partial charge on any atom is 0.310 e. The van der Waals surface area contributed by atoms with Gasteiger partial charge in [-0.15, -0.1) is 0 Å². The van der Waals surface area contributed by atoms with Crippen molar-refractivity contribution in [2.75, 3.05) is 26.3 Å². The van der Waals surface area contributed by atoms with Gasteiger partial charge in [-0.25, -0.2) is 0 Å². The van der Waals surface area contributed by atoms with Crippen LogP contribution in [0.15, 0.2) is 35.1 Å². The maximum atomic E-state index is 12.6.